The lowest BCUT2D eigenvalue weighted by molar-refractivity contribution is 0.0943. The van der Waals surface area contributed by atoms with E-state index < -0.39 is 0 Å². The van der Waals surface area contributed by atoms with Crippen molar-refractivity contribution in [3.63, 3.8) is 0 Å². The lowest BCUT2D eigenvalue weighted by Crippen LogP contribution is -2.42. The second-order valence-electron chi connectivity index (χ2n) is 5.79. The molecule has 0 aliphatic heterocycles. The van der Waals surface area contributed by atoms with Crippen molar-refractivity contribution in [3.8, 4) is 6.07 Å². The number of hydrogen-bond donors (Lipinski definition) is 1. The summed E-state index contributed by atoms with van der Waals surface area (Å²) < 4.78 is 0. The van der Waals surface area contributed by atoms with Crippen molar-refractivity contribution in [1.29, 1.82) is 5.26 Å². The number of nitrogens with zero attached hydrogens (tertiary/aromatic N) is 3. The molecule has 0 saturated heterocycles. The van der Waals surface area contributed by atoms with Gasteiger partial charge in [-0.05, 0) is 36.8 Å². The predicted octanol–water partition coefficient (Wildman–Crippen LogP) is 3.61. The normalized spacial score (nSPS) is 10.0. The lowest BCUT2D eigenvalue weighted by Gasteiger charge is -2.25. The van der Waals surface area contributed by atoms with E-state index in [9.17, 15) is 4.79 Å². The van der Waals surface area contributed by atoms with Crippen molar-refractivity contribution in [3.05, 3.63) is 95.3 Å². The molecule has 0 radical (unpaired) electrons. The zero-order valence-corrected chi connectivity index (χ0v) is 14.4. The van der Waals surface area contributed by atoms with Crippen LogP contribution in [0.4, 0.5) is 5.69 Å². The molecule has 128 valence electrons. The van der Waals surface area contributed by atoms with E-state index in [1.165, 1.54) is 0 Å². The van der Waals surface area contributed by atoms with Crippen LogP contribution in [0.15, 0.2) is 72.8 Å². The van der Waals surface area contributed by atoms with Crippen LogP contribution in [0.25, 0.3) is 0 Å². The average Bonchev–Trinajstić information content (AvgIpc) is 2.69. The Morgan fingerprint density at radius 2 is 1.69 bits per heavy atom. The van der Waals surface area contributed by atoms with E-state index in [2.05, 4.69) is 16.5 Å². The van der Waals surface area contributed by atoms with Gasteiger partial charge < -0.3 is 0 Å². The molecule has 0 spiro atoms. The molecule has 1 amide bonds. The van der Waals surface area contributed by atoms with Gasteiger partial charge in [0.1, 0.15) is 11.8 Å². The van der Waals surface area contributed by atoms with Crippen molar-refractivity contribution in [2.45, 2.75) is 13.5 Å². The Morgan fingerprint density at radius 3 is 2.31 bits per heavy atom. The fraction of sp³-hybridized carbons (Fsp3) is 0.0952. The minimum absolute atomic E-state index is 0.274. The molecule has 0 unspecified atom stereocenters. The Balaban J connectivity index is 1.84. The second kappa shape index (κ2) is 7.95. The van der Waals surface area contributed by atoms with Crippen molar-refractivity contribution >= 4 is 11.6 Å². The molecule has 0 aliphatic rings. The summed E-state index contributed by atoms with van der Waals surface area (Å²) in [5.41, 5.74) is 6.13. The largest absolute Gasteiger partial charge is 0.288 e. The van der Waals surface area contributed by atoms with Crippen molar-refractivity contribution < 1.29 is 4.79 Å². The van der Waals surface area contributed by atoms with E-state index in [1.54, 1.807) is 24.1 Å². The summed E-state index contributed by atoms with van der Waals surface area (Å²) in [5.74, 6) is -0.322. The SMILES string of the molecule is Cc1nc(C(=O)NN(Cc2ccccc2)c2ccccc2)ccc1C#N. The summed E-state index contributed by atoms with van der Waals surface area (Å²) >= 11 is 0. The first kappa shape index (κ1) is 17.2. The molecule has 0 atom stereocenters. The van der Waals surface area contributed by atoms with Crippen LogP contribution in [0.5, 0.6) is 0 Å². The highest BCUT2D eigenvalue weighted by Crippen LogP contribution is 2.15. The maximum Gasteiger partial charge on any atom is 0.288 e. The van der Waals surface area contributed by atoms with Crippen LogP contribution in [0.3, 0.4) is 0 Å². The third-order valence-corrected chi connectivity index (χ3v) is 3.93. The Bertz CT molecular complexity index is 933. The molecular formula is C21H18N4O. The molecule has 1 N–H and O–H groups in total. The number of hydrazine groups is 1. The van der Waals surface area contributed by atoms with Crippen molar-refractivity contribution in [2.75, 3.05) is 5.01 Å². The van der Waals surface area contributed by atoms with Crippen LogP contribution in [0.2, 0.25) is 0 Å². The molecule has 2 aromatic carbocycles. The van der Waals surface area contributed by atoms with Crippen molar-refractivity contribution in [2.24, 2.45) is 0 Å². The fourth-order valence-electron chi connectivity index (χ4n) is 2.55. The number of aryl methyl sites for hydroxylation is 1. The quantitative estimate of drug-likeness (QED) is 0.719. The van der Waals surface area contributed by atoms with Crippen LogP contribution in [0.1, 0.15) is 27.3 Å². The first-order valence-corrected chi connectivity index (χ1v) is 8.22. The Morgan fingerprint density at radius 1 is 1.04 bits per heavy atom. The number of rotatable bonds is 5. The number of nitriles is 1. The van der Waals surface area contributed by atoms with Gasteiger partial charge in [-0.15, -0.1) is 0 Å². The molecule has 3 aromatic rings. The van der Waals surface area contributed by atoms with E-state index in [-0.39, 0.29) is 11.6 Å². The number of carbonyl (C=O) groups excluding carboxylic acids is 1. The molecule has 0 aliphatic carbocycles. The highest BCUT2D eigenvalue weighted by Gasteiger charge is 2.15. The first-order valence-electron chi connectivity index (χ1n) is 8.22. The molecule has 0 bridgehead atoms. The molecular weight excluding hydrogens is 324 g/mol. The van der Waals surface area contributed by atoms with Gasteiger partial charge in [-0.25, -0.2) is 4.98 Å². The first-order chi connectivity index (χ1) is 12.7. The number of carbonyl (C=O) groups is 1. The molecule has 26 heavy (non-hydrogen) atoms. The maximum atomic E-state index is 12.7. The van der Waals surface area contributed by atoms with Crippen molar-refractivity contribution in [1.82, 2.24) is 10.4 Å². The molecule has 0 fully saturated rings. The number of anilines is 1. The van der Waals surface area contributed by atoms with Gasteiger partial charge in [0.05, 0.1) is 23.5 Å². The summed E-state index contributed by atoms with van der Waals surface area (Å²) in [5, 5.41) is 10.8. The molecule has 1 heterocycles. The van der Waals surface area contributed by atoms with Crippen LogP contribution < -0.4 is 10.4 Å². The number of nitrogens with one attached hydrogen (secondary N) is 1. The van der Waals surface area contributed by atoms with Gasteiger partial charge in [0, 0.05) is 0 Å². The molecule has 3 rings (SSSR count). The number of amides is 1. The minimum atomic E-state index is -0.322. The van der Waals surface area contributed by atoms with Gasteiger partial charge in [0.15, 0.2) is 0 Å². The predicted molar refractivity (Wildman–Crippen MR) is 100 cm³/mol. The minimum Gasteiger partial charge on any atom is -0.281 e. The van der Waals surface area contributed by atoms with E-state index in [0.717, 1.165) is 11.3 Å². The summed E-state index contributed by atoms with van der Waals surface area (Å²) in [4.78, 5) is 16.9. The van der Waals surface area contributed by atoms with E-state index in [0.29, 0.717) is 17.8 Å². The maximum absolute atomic E-state index is 12.7. The van der Waals surface area contributed by atoms with E-state index >= 15 is 0 Å². The second-order valence-corrected chi connectivity index (χ2v) is 5.79. The highest BCUT2D eigenvalue weighted by molar-refractivity contribution is 5.93. The Kier molecular flexibility index (Phi) is 5.25. The topological polar surface area (TPSA) is 69.0 Å². The van der Waals surface area contributed by atoms with Gasteiger partial charge in [-0.2, -0.15) is 5.26 Å². The number of aromatic nitrogens is 1. The van der Waals surface area contributed by atoms with E-state index in [1.807, 2.05) is 60.7 Å². The Hall–Kier alpha value is -3.65. The molecule has 0 saturated carbocycles. The van der Waals surface area contributed by atoms with Crippen LogP contribution in [-0.2, 0) is 6.54 Å². The summed E-state index contributed by atoms with van der Waals surface area (Å²) in [6.07, 6.45) is 0. The third kappa shape index (κ3) is 4.05. The monoisotopic (exact) mass is 342 g/mol. The average molecular weight is 342 g/mol. The molecule has 5 heteroatoms. The van der Waals surface area contributed by atoms with Crippen LogP contribution >= 0.6 is 0 Å². The standard InChI is InChI=1S/C21H18N4O/c1-16-18(14-22)12-13-20(23-16)21(26)24-25(19-10-6-3-7-11-19)15-17-8-4-2-5-9-17/h2-13H,15H2,1H3,(H,24,26). The van der Waals surface area contributed by atoms with Crippen LogP contribution in [-0.4, -0.2) is 10.9 Å². The smallest absolute Gasteiger partial charge is 0.281 e. The van der Waals surface area contributed by atoms with Gasteiger partial charge in [-0.1, -0.05) is 48.5 Å². The van der Waals surface area contributed by atoms with Gasteiger partial charge in [0.2, 0.25) is 0 Å². The zero-order valence-electron chi connectivity index (χ0n) is 14.4. The molecule has 1 aromatic heterocycles. The third-order valence-electron chi connectivity index (χ3n) is 3.93. The van der Waals surface area contributed by atoms with Gasteiger partial charge in [0.25, 0.3) is 5.91 Å². The number of benzene rings is 2. The molecule has 5 nitrogen and oxygen atoms in total. The highest BCUT2D eigenvalue weighted by atomic mass is 16.2. The zero-order chi connectivity index (χ0) is 18.4. The summed E-state index contributed by atoms with van der Waals surface area (Å²) in [6, 6.07) is 24.8. The Labute approximate surface area is 152 Å². The summed E-state index contributed by atoms with van der Waals surface area (Å²) in [7, 11) is 0. The lowest BCUT2D eigenvalue weighted by atomic mass is 10.2. The van der Waals surface area contributed by atoms with E-state index in [4.69, 9.17) is 5.26 Å². The summed E-state index contributed by atoms with van der Waals surface area (Å²) in [6.45, 7) is 2.24. The van der Waals surface area contributed by atoms with Crippen LogP contribution in [0, 0.1) is 18.3 Å². The fourth-order valence-corrected chi connectivity index (χ4v) is 2.55. The number of para-hydroxylation sites is 1. The van der Waals surface area contributed by atoms with Gasteiger partial charge >= 0.3 is 0 Å². The van der Waals surface area contributed by atoms with Gasteiger partial charge in [-0.3, -0.25) is 15.2 Å². The number of pyridine rings is 1. The number of hydrogen-bond acceptors (Lipinski definition) is 4.